The highest BCUT2D eigenvalue weighted by Gasteiger charge is 2.46. The van der Waals surface area contributed by atoms with Gasteiger partial charge in [-0.2, -0.15) is 0 Å². The van der Waals surface area contributed by atoms with Crippen LogP contribution in [-0.2, 0) is 19.1 Å². The summed E-state index contributed by atoms with van der Waals surface area (Å²) in [4.78, 5) is 24.5. The molecule has 1 N–H and O–H groups in total. The first-order valence-corrected chi connectivity index (χ1v) is 8.92. The number of hydrogen-bond acceptors (Lipinski definition) is 4. The van der Waals surface area contributed by atoms with Crippen LogP contribution >= 0.6 is 0 Å². The molecule has 5 heteroatoms. The third-order valence-electron chi connectivity index (χ3n) is 4.90. The first kappa shape index (κ1) is 19.4. The van der Waals surface area contributed by atoms with Gasteiger partial charge in [-0.25, -0.2) is 4.79 Å². The van der Waals surface area contributed by atoms with E-state index in [-0.39, 0.29) is 25.0 Å². The van der Waals surface area contributed by atoms with E-state index in [1.165, 1.54) is 0 Å². The lowest BCUT2D eigenvalue weighted by Crippen LogP contribution is -2.48. The fourth-order valence-corrected chi connectivity index (χ4v) is 3.42. The van der Waals surface area contributed by atoms with Crippen LogP contribution < -0.4 is 0 Å². The van der Waals surface area contributed by atoms with E-state index < -0.39 is 23.5 Å². The van der Waals surface area contributed by atoms with Gasteiger partial charge < -0.3 is 14.6 Å². The van der Waals surface area contributed by atoms with Crippen LogP contribution in [0.25, 0.3) is 0 Å². The maximum Gasteiger partial charge on any atom is 0.348 e. The lowest BCUT2D eigenvalue weighted by atomic mass is 9.82. The molecule has 1 aliphatic rings. The highest BCUT2D eigenvalue weighted by Crippen LogP contribution is 2.35. The zero-order valence-corrected chi connectivity index (χ0v) is 15.5. The average molecular weight is 348 g/mol. The molecule has 25 heavy (non-hydrogen) atoms. The Bertz CT molecular complexity index is 614. The fraction of sp³-hybridized carbons (Fsp3) is 0.600. The van der Waals surface area contributed by atoms with E-state index >= 15 is 0 Å². The molecular weight excluding hydrogens is 320 g/mol. The van der Waals surface area contributed by atoms with Crippen LogP contribution in [0.3, 0.4) is 0 Å². The van der Waals surface area contributed by atoms with Gasteiger partial charge in [0.1, 0.15) is 0 Å². The molecule has 0 heterocycles. The van der Waals surface area contributed by atoms with Crippen LogP contribution in [0.4, 0.5) is 0 Å². The topological polar surface area (TPSA) is 72.8 Å². The molecule has 5 nitrogen and oxygen atoms in total. The number of rotatable bonds is 6. The van der Waals surface area contributed by atoms with Crippen LogP contribution in [0.1, 0.15) is 63.5 Å². The summed E-state index contributed by atoms with van der Waals surface area (Å²) < 4.78 is 11.3. The van der Waals surface area contributed by atoms with Crippen molar-refractivity contribution in [3.05, 3.63) is 35.4 Å². The highest BCUT2D eigenvalue weighted by atomic mass is 16.6. The van der Waals surface area contributed by atoms with Crippen molar-refractivity contribution in [2.75, 3.05) is 0 Å². The first-order valence-electron chi connectivity index (χ1n) is 8.92. The number of aliphatic carboxylic acids is 1. The summed E-state index contributed by atoms with van der Waals surface area (Å²) in [5, 5.41) is 9.69. The molecule has 1 atom stereocenters. The molecule has 138 valence electrons. The van der Waals surface area contributed by atoms with Crippen molar-refractivity contribution in [1.29, 1.82) is 0 Å². The molecule has 0 saturated heterocycles. The first-order chi connectivity index (χ1) is 11.7. The third-order valence-corrected chi connectivity index (χ3v) is 4.90. The van der Waals surface area contributed by atoms with E-state index in [1.807, 2.05) is 45.0 Å². The van der Waals surface area contributed by atoms with Crippen molar-refractivity contribution in [1.82, 2.24) is 0 Å². The lowest BCUT2D eigenvalue weighted by Gasteiger charge is -2.37. The number of ether oxygens (including phenoxy) is 2. The number of hydrogen-bond donors (Lipinski definition) is 1. The molecule has 1 aliphatic carbocycles. The molecule has 1 aromatic rings. The third kappa shape index (κ3) is 4.60. The molecule has 0 spiro atoms. The van der Waals surface area contributed by atoms with Gasteiger partial charge in [0, 0.05) is 12.8 Å². The van der Waals surface area contributed by atoms with Crippen LogP contribution in [-0.4, -0.2) is 34.9 Å². The van der Waals surface area contributed by atoms with Crippen LogP contribution in [0, 0.1) is 6.92 Å². The molecule has 0 aliphatic heterocycles. The largest absolute Gasteiger partial charge is 0.478 e. The molecular formula is C20H28O5. The number of benzene rings is 1. The molecule has 0 amide bonds. The van der Waals surface area contributed by atoms with E-state index in [2.05, 4.69) is 0 Å². The van der Waals surface area contributed by atoms with Gasteiger partial charge in [-0.05, 0) is 51.7 Å². The minimum Gasteiger partial charge on any atom is -0.478 e. The normalized spacial score (nSPS) is 24.8. The molecule has 0 bridgehead atoms. The second-order valence-corrected chi connectivity index (χ2v) is 7.18. The van der Waals surface area contributed by atoms with E-state index in [4.69, 9.17) is 9.47 Å². The van der Waals surface area contributed by atoms with Crippen molar-refractivity contribution in [2.24, 2.45) is 0 Å². The smallest absolute Gasteiger partial charge is 0.348 e. The van der Waals surface area contributed by atoms with Crippen molar-refractivity contribution in [3.8, 4) is 0 Å². The lowest BCUT2D eigenvalue weighted by molar-refractivity contribution is -0.187. The minimum absolute atomic E-state index is 0.0277. The molecule has 0 radical (unpaired) electrons. The Kier molecular flexibility index (Phi) is 6.22. The Morgan fingerprint density at radius 1 is 1.16 bits per heavy atom. The van der Waals surface area contributed by atoms with Gasteiger partial charge in [0.25, 0.3) is 0 Å². The summed E-state index contributed by atoms with van der Waals surface area (Å²) in [6, 6.07) is 7.59. The van der Waals surface area contributed by atoms with Crippen molar-refractivity contribution >= 4 is 11.9 Å². The van der Waals surface area contributed by atoms with Gasteiger partial charge in [0.05, 0.1) is 18.1 Å². The van der Waals surface area contributed by atoms with Gasteiger partial charge in [-0.15, -0.1) is 0 Å². The predicted octanol–water partition coefficient (Wildman–Crippen LogP) is 3.83. The van der Waals surface area contributed by atoms with Crippen molar-refractivity contribution in [3.63, 3.8) is 0 Å². The SMILES string of the molecule is Cc1ccccc1C(C)C(=O)OC1(C(=O)O)CCC(OC(C)C)CC1. The van der Waals surface area contributed by atoms with E-state index in [9.17, 15) is 14.7 Å². The fourth-order valence-electron chi connectivity index (χ4n) is 3.42. The summed E-state index contributed by atoms with van der Waals surface area (Å²) >= 11 is 0. The second-order valence-electron chi connectivity index (χ2n) is 7.18. The summed E-state index contributed by atoms with van der Waals surface area (Å²) in [6.07, 6.45) is 1.86. The molecule has 1 aromatic carbocycles. The molecule has 1 fully saturated rings. The summed E-state index contributed by atoms with van der Waals surface area (Å²) in [5.74, 6) is -2.05. The Morgan fingerprint density at radius 3 is 2.28 bits per heavy atom. The van der Waals surface area contributed by atoms with E-state index in [0.29, 0.717) is 12.8 Å². The second kappa shape index (κ2) is 8.00. The summed E-state index contributed by atoms with van der Waals surface area (Å²) in [5.41, 5.74) is 0.417. The molecule has 1 saturated carbocycles. The molecule has 1 unspecified atom stereocenters. The standard InChI is InChI=1S/C20H28O5/c1-13(2)24-16-9-11-20(12-10-16,19(22)23)25-18(21)15(4)17-8-6-5-7-14(17)3/h5-8,13,15-16H,9-12H2,1-4H3,(H,22,23). The summed E-state index contributed by atoms with van der Waals surface area (Å²) in [6.45, 7) is 7.61. The maximum absolute atomic E-state index is 12.6. The van der Waals surface area contributed by atoms with Gasteiger partial charge in [-0.1, -0.05) is 24.3 Å². The number of carbonyl (C=O) groups excluding carboxylic acids is 1. The number of carbonyl (C=O) groups is 2. The van der Waals surface area contributed by atoms with E-state index in [1.54, 1.807) is 6.92 Å². The van der Waals surface area contributed by atoms with Crippen LogP contribution in [0.5, 0.6) is 0 Å². The number of carboxylic acid groups (broad SMARTS) is 1. The number of aryl methyl sites for hydroxylation is 1. The molecule has 2 rings (SSSR count). The zero-order valence-electron chi connectivity index (χ0n) is 15.5. The summed E-state index contributed by atoms with van der Waals surface area (Å²) in [7, 11) is 0. The zero-order chi connectivity index (χ0) is 18.6. The van der Waals surface area contributed by atoms with E-state index in [0.717, 1.165) is 11.1 Å². The highest BCUT2D eigenvalue weighted by molar-refractivity contribution is 5.85. The van der Waals surface area contributed by atoms with Crippen molar-refractivity contribution in [2.45, 2.75) is 77.1 Å². The number of carboxylic acids is 1. The molecule has 0 aromatic heterocycles. The van der Waals surface area contributed by atoms with Crippen LogP contribution in [0.2, 0.25) is 0 Å². The van der Waals surface area contributed by atoms with Gasteiger partial charge in [0.15, 0.2) is 0 Å². The monoisotopic (exact) mass is 348 g/mol. The minimum atomic E-state index is -1.44. The Balaban J connectivity index is 2.08. The van der Waals surface area contributed by atoms with Crippen molar-refractivity contribution < 1.29 is 24.2 Å². The van der Waals surface area contributed by atoms with Gasteiger partial charge in [-0.3, -0.25) is 4.79 Å². The Hall–Kier alpha value is -1.88. The predicted molar refractivity (Wildman–Crippen MR) is 94.5 cm³/mol. The maximum atomic E-state index is 12.6. The average Bonchev–Trinajstić information content (AvgIpc) is 2.56. The number of esters is 1. The van der Waals surface area contributed by atoms with Crippen LogP contribution in [0.15, 0.2) is 24.3 Å². The Morgan fingerprint density at radius 2 is 1.76 bits per heavy atom. The quantitative estimate of drug-likeness (QED) is 0.791. The van der Waals surface area contributed by atoms with Gasteiger partial charge in [0.2, 0.25) is 5.60 Å². The Labute approximate surface area is 149 Å². The van der Waals surface area contributed by atoms with Gasteiger partial charge >= 0.3 is 11.9 Å².